The van der Waals surface area contributed by atoms with E-state index >= 15 is 0 Å². The van der Waals surface area contributed by atoms with Gasteiger partial charge in [0.05, 0.1) is 12.2 Å². The molecule has 1 saturated carbocycles. The highest BCUT2D eigenvalue weighted by molar-refractivity contribution is 5.93. The smallest absolute Gasteiger partial charge is 0.404 e. The number of amides is 1. The Kier molecular flexibility index (Phi) is 7.11. The summed E-state index contributed by atoms with van der Waals surface area (Å²) in [6.45, 7) is 0.139. The molecule has 1 aromatic carbocycles. The van der Waals surface area contributed by atoms with Crippen LogP contribution in [0.2, 0.25) is 0 Å². The Morgan fingerprint density at radius 2 is 1.92 bits per heavy atom. The van der Waals surface area contributed by atoms with Crippen LogP contribution in [-0.4, -0.2) is 30.8 Å². The first kappa shape index (κ1) is 19.9. The molecule has 9 heteroatoms. The highest BCUT2D eigenvalue weighted by Gasteiger charge is 2.32. The minimum absolute atomic E-state index is 0.0396. The third kappa shape index (κ3) is 7.20. The van der Waals surface area contributed by atoms with Crippen molar-refractivity contribution in [3.63, 3.8) is 0 Å². The molecule has 1 fully saturated rings. The van der Waals surface area contributed by atoms with Crippen LogP contribution in [0.3, 0.4) is 0 Å². The van der Waals surface area contributed by atoms with Crippen molar-refractivity contribution in [2.75, 3.05) is 11.9 Å². The van der Waals surface area contributed by atoms with Crippen LogP contribution in [0, 0.1) is 0 Å². The summed E-state index contributed by atoms with van der Waals surface area (Å²) < 4.78 is 41.1. The second-order valence-corrected chi connectivity index (χ2v) is 6.09. The monoisotopic (exact) mass is 372 g/mol. The standard InChI is InChI=1S/C17H23F3N4O2/c18-17(19,20)26-14-9-5-4-8-13(14)24-16(21)22-11-10-15(25)23-12-6-2-1-3-7-12/h4-5,8-9,12H,1-3,6-7,10-11H2,(H,23,25)(H3,21,22,24). The van der Waals surface area contributed by atoms with Gasteiger partial charge in [-0.2, -0.15) is 0 Å². The minimum atomic E-state index is -4.80. The van der Waals surface area contributed by atoms with E-state index in [-0.39, 0.29) is 36.6 Å². The van der Waals surface area contributed by atoms with Gasteiger partial charge in [-0.25, -0.2) is 0 Å². The molecule has 0 bridgehead atoms. The van der Waals surface area contributed by atoms with Crippen molar-refractivity contribution in [1.29, 1.82) is 0 Å². The van der Waals surface area contributed by atoms with E-state index in [0.717, 1.165) is 25.7 Å². The van der Waals surface area contributed by atoms with Crippen LogP contribution in [0.5, 0.6) is 5.75 Å². The molecule has 0 heterocycles. The lowest BCUT2D eigenvalue weighted by Gasteiger charge is -2.22. The van der Waals surface area contributed by atoms with Gasteiger partial charge >= 0.3 is 6.36 Å². The Hall–Kier alpha value is -2.45. The average molecular weight is 372 g/mol. The van der Waals surface area contributed by atoms with E-state index in [2.05, 4.69) is 20.4 Å². The SMILES string of the molecule is NC(=NCCC(=O)NC1CCCCC1)Nc1ccccc1OC(F)(F)F. The molecule has 26 heavy (non-hydrogen) atoms. The molecule has 6 nitrogen and oxygen atoms in total. The summed E-state index contributed by atoms with van der Waals surface area (Å²) >= 11 is 0. The number of ether oxygens (including phenoxy) is 1. The molecule has 1 aliphatic rings. The zero-order chi connectivity index (χ0) is 19.0. The van der Waals surface area contributed by atoms with E-state index in [9.17, 15) is 18.0 Å². The largest absolute Gasteiger partial charge is 0.573 e. The molecule has 0 spiro atoms. The van der Waals surface area contributed by atoms with Crippen molar-refractivity contribution in [2.45, 2.75) is 50.9 Å². The number of carbonyl (C=O) groups is 1. The van der Waals surface area contributed by atoms with Crippen LogP contribution in [0.1, 0.15) is 38.5 Å². The number of carbonyl (C=O) groups excluding carboxylic acids is 1. The first-order valence-electron chi connectivity index (χ1n) is 8.54. The van der Waals surface area contributed by atoms with Crippen molar-refractivity contribution in [3.05, 3.63) is 24.3 Å². The number of anilines is 1. The summed E-state index contributed by atoms with van der Waals surface area (Å²) in [6.07, 6.45) is 0.807. The zero-order valence-electron chi connectivity index (χ0n) is 14.3. The molecule has 1 aliphatic carbocycles. The number of hydrogen-bond donors (Lipinski definition) is 3. The third-order valence-electron chi connectivity index (χ3n) is 3.97. The summed E-state index contributed by atoms with van der Waals surface area (Å²) in [5, 5.41) is 5.52. The van der Waals surface area contributed by atoms with Gasteiger partial charge < -0.3 is 21.1 Å². The molecular formula is C17H23F3N4O2. The molecular weight excluding hydrogens is 349 g/mol. The minimum Gasteiger partial charge on any atom is -0.404 e. The summed E-state index contributed by atoms with van der Waals surface area (Å²) in [4.78, 5) is 15.9. The number of nitrogens with one attached hydrogen (secondary N) is 2. The molecule has 1 amide bonds. The van der Waals surface area contributed by atoms with E-state index in [0.29, 0.717) is 0 Å². The summed E-state index contributed by atoms with van der Waals surface area (Å²) in [6, 6.07) is 5.73. The maximum atomic E-state index is 12.4. The first-order valence-corrected chi connectivity index (χ1v) is 8.54. The van der Waals surface area contributed by atoms with E-state index in [4.69, 9.17) is 5.73 Å². The molecule has 2 rings (SSSR count). The Morgan fingerprint density at radius 3 is 2.62 bits per heavy atom. The van der Waals surface area contributed by atoms with Crippen LogP contribution in [0.25, 0.3) is 0 Å². The van der Waals surface area contributed by atoms with E-state index < -0.39 is 12.1 Å². The predicted octanol–water partition coefficient (Wildman–Crippen LogP) is 3.15. The molecule has 0 saturated heterocycles. The maximum absolute atomic E-state index is 12.4. The van der Waals surface area contributed by atoms with E-state index in [1.807, 2.05) is 0 Å². The fourth-order valence-corrected chi connectivity index (χ4v) is 2.79. The lowest BCUT2D eigenvalue weighted by Crippen LogP contribution is -2.36. The molecule has 1 aromatic rings. The fourth-order valence-electron chi connectivity index (χ4n) is 2.79. The number of hydrogen-bond acceptors (Lipinski definition) is 3. The van der Waals surface area contributed by atoms with Gasteiger partial charge in [-0.3, -0.25) is 9.79 Å². The Labute approximate surface area is 150 Å². The van der Waals surface area contributed by atoms with Gasteiger partial charge in [0.2, 0.25) is 5.91 Å². The zero-order valence-corrected chi connectivity index (χ0v) is 14.3. The topological polar surface area (TPSA) is 88.7 Å². The molecule has 0 radical (unpaired) electrons. The predicted molar refractivity (Wildman–Crippen MR) is 92.9 cm³/mol. The number of nitrogens with two attached hydrogens (primary N) is 1. The molecule has 4 N–H and O–H groups in total. The molecule has 0 aromatic heterocycles. The van der Waals surface area contributed by atoms with Gasteiger partial charge in [-0.15, -0.1) is 13.2 Å². The first-order chi connectivity index (χ1) is 12.3. The second-order valence-electron chi connectivity index (χ2n) is 6.09. The van der Waals surface area contributed by atoms with Crippen LogP contribution >= 0.6 is 0 Å². The molecule has 0 unspecified atom stereocenters. The van der Waals surface area contributed by atoms with Crippen molar-refractivity contribution < 1.29 is 22.7 Å². The van der Waals surface area contributed by atoms with Crippen molar-refractivity contribution in [2.24, 2.45) is 10.7 Å². The number of alkyl halides is 3. The van der Waals surface area contributed by atoms with Crippen LogP contribution in [0.15, 0.2) is 29.3 Å². The van der Waals surface area contributed by atoms with Gasteiger partial charge in [-0.1, -0.05) is 31.4 Å². The quantitative estimate of drug-likeness (QED) is 0.529. The fraction of sp³-hybridized carbons (Fsp3) is 0.529. The number of para-hydroxylation sites is 2. The lowest BCUT2D eigenvalue weighted by atomic mass is 9.95. The van der Waals surface area contributed by atoms with E-state index in [1.54, 1.807) is 0 Å². The maximum Gasteiger partial charge on any atom is 0.573 e. The number of benzene rings is 1. The number of aliphatic imine (C=N–C) groups is 1. The van der Waals surface area contributed by atoms with Crippen LogP contribution in [-0.2, 0) is 4.79 Å². The van der Waals surface area contributed by atoms with Gasteiger partial charge in [0.1, 0.15) is 0 Å². The normalized spacial score (nSPS) is 16.2. The average Bonchev–Trinajstić information content (AvgIpc) is 2.56. The summed E-state index contributed by atoms with van der Waals surface area (Å²) in [5.41, 5.74) is 5.72. The Balaban J connectivity index is 1.82. The Bertz CT molecular complexity index is 629. The highest BCUT2D eigenvalue weighted by Crippen LogP contribution is 2.29. The number of rotatable bonds is 6. The van der Waals surface area contributed by atoms with Crippen molar-refractivity contribution >= 4 is 17.6 Å². The third-order valence-corrected chi connectivity index (χ3v) is 3.97. The molecule has 144 valence electrons. The number of guanidine groups is 1. The Morgan fingerprint density at radius 1 is 1.23 bits per heavy atom. The van der Waals surface area contributed by atoms with Gasteiger partial charge in [0.15, 0.2) is 11.7 Å². The van der Waals surface area contributed by atoms with Crippen LogP contribution < -0.4 is 21.1 Å². The van der Waals surface area contributed by atoms with Gasteiger partial charge in [0, 0.05) is 12.5 Å². The van der Waals surface area contributed by atoms with Crippen LogP contribution in [0.4, 0.5) is 18.9 Å². The number of halogens is 3. The highest BCUT2D eigenvalue weighted by atomic mass is 19.4. The van der Waals surface area contributed by atoms with Crippen molar-refractivity contribution in [3.8, 4) is 5.75 Å². The van der Waals surface area contributed by atoms with Gasteiger partial charge in [0.25, 0.3) is 0 Å². The van der Waals surface area contributed by atoms with E-state index in [1.165, 1.54) is 30.7 Å². The summed E-state index contributed by atoms with van der Waals surface area (Å²) in [5.74, 6) is -0.601. The molecule has 0 atom stereocenters. The van der Waals surface area contributed by atoms with Crippen molar-refractivity contribution in [1.82, 2.24) is 5.32 Å². The summed E-state index contributed by atoms with van der Waals surface area (Å²) in [7, 11) is 0. The number of nitrogens with zero attached hydrogens (tertiary/aromatic N) is 1. The lowest BCUT2D eigenvalue weighted by molar-refractivity contribution is -0.274. The second kappa shape index (κ2) is 9.30. The van der Waals surface area contributed by atoms with Gasteiger partial charge in [-0.05, 0) is 25.0 Å². The molecule has 0 aliphatic heterocycles.